The Morgan fingerprint density at radius 3 is 2.35 bits per heavy atom. The van der Waals surface area contributed by atoms with Crippen LogP contribution in [0.15, 0.2) is 0 Å². The largest absolute Gasteiger partial charge is 0.377 e. The number of rotatable bonds is 5. The van der Waals surface area contributed by atoms with Crippen molar-refractivity contribution in [2.24, 2.45) is 0 Å². The van der Waals surface area contributed by atoms with Gasteiger partial charge < -0.3 is 15.4 Å². The predicted octanol–water partition coefficient (Wildman–Crippen LogP) is 2.41. The zero-order chi connectivity index (χ0) is 13.3. The lowest BCUT2D eigenvalue weighted by atomic mass is 9.97. The number of hydrogen-bond donors (Lipinski definition) is 2. The fourth-order valence-electron chi connectivity index (χ4n) is 3.03. The third-order valence-corrected chi connectivity index (χ3v) is 4.15. The smallest absolute Gasteiger partial charge is 0.234 e. The van der Waals surface area contributed by atoms with Crippen LogP contribution in [0.4, 0.5) is 0 Å². The SMILES string of the molecule is Cl.O=C(CNCC1CCCO1)NC1CCCCCCC1. The number of halogens is 1. The summed E-state index contributed by atoms with van der Waals surface area (Å²) in [6.45, 7) is 2.11. The summed E-state index contributed by atoms with van der Waals surface area (Å²) in [6.07, 6.45) is 11.4. The van der Waals surface area contributed by atoms with Crippen LogP contribution in [0, 0.1) is 0 Å². The molecule has 1 atom stereocenters. The number of carbonyl (C=O) groups is 1. The van der Waals surface area contributed by atoms with Gasteiger partial charge in [0.15, 0.2) is 0 Å². The molecule has 1 unspecified atom stereocenters. The van der Waals surface area contributed by atoms with E-state index in [1.165, 1.54) is 32.1 Å². The highest BCUT2D eigenvalue weighted by Crippen LogP contribution is 2.16. The van der Waals surface area contributed by atoms with E-state index in [4.69, 9.17) is 4.74 Å². The van der Waals surface area contributed by atoms with Crippen LogP contribution in [0.5, 0.6) is 0 Å². The van der Waals surface area contributed by atoms with Gasteiger partial charge in [-0.1, -0.05) is 32.1 Å². The van der Waals surface area contributed by atoms with E-state index in [2.05, 4.69) is 10.6 Å². The maximum atomic E-state index is 11.9. The molecule has 0 bridgehead atoms. The van der Waals surface area contributed by atoms with E-state index in [9.17, 15) is 4.79 Å². The molecule has 118 valence electrons. The van der Waals surface area contributed by atoms with E-state index < -0.39 is 0 Å². The standard InChI is InChI=1S/C15H28N2O2.ClH/c18-15(12-16-11-14-9-6-10-19-14)17-13-7-4-2-1-3-5-8-13;/h13-14,16H,1-12H2,(H,17,18);1H. The first-order valence-electron chi connectivity index (χ1n) is 7.96. The monoisotopic (exact) mass is 304 g/mol. The lowest BCUT2D eigenvalue weighted by Crippen LogP contribution is -2.42. The van der Waals surface area contributed by atoms with Crippen LogP contribution >= 0.6 is 12.4 Å². The maximum Gasteiger partial charge on any atom is 0.234 e. The van der Waals surface area contributed by atoms with Crippen LogP contribution in [0.1, 0.15) is 57.8 Å². The van der Waals surface area contributed by atoms with Gasteiger partial charge in [-0.3, -0.25) is 4.79 Å². The Balaban J connectivity index is 0.00000200. The number of amides is 1. The molecule has 0 aromatic heterocycles. The lowest BCUT2D eigenvalue weighted by molar-refractivity contribution is -0.121. The normalized spacial score (nSPS) is 24.5. The third-order valence-electron chi connectivity index (χ3n) is 4.15. The van der Waals surface area contributed by atoms with E-state index in [-0.39, 0.29) is 18.3 Å². The molecule has 0 aromatic rings. The van der Waals surface area contributed by atoms with Crippen molar-refractivity contribution in [1.29, 1.82) is 0 Å². The number of carbonyl (C=O) groups excluding carboxylic acids is 1. The molecule has 2 fully saturated rings. The highest BCUT2D eigenvalue weighted by molar-refractivity contribution is 5.85. The molecule has 1 aliphatic carbocycles. The first-order chi connectivity index (χ1) is 9.34. The molecule has 4 nitrogen and oxygen atoms in total. The molecule has 0 aromatic carbocycles. The van der Waals surface area contributed by atoms with Gasteiger partial charge in [0, 0.05) is 19.2 Å². The topological polar surface area (TPSA) is 50.4 Å². The van der Waals surface area contributed by atoms with Crippen molar-refractivity contribution >= 4 is 18.3 Å². The molecule has 20 heavy (non-hydrogen) atoms. The van der Waals surface area contributed by atoms with Crippen LogP contribution in [0.2, 0.25) is 0 Å². The van der Waals surface area contributed by atoms with Crippen molar-refractivity contribution in [3.8, 4) is 0 Å². The van der Waals surface area contributed by atoms with Crippen LogP contribution in [0.25, 0.3) is 0 Å². The van der Waals surface area contributed by atoms with Crippen molar-refractivity contribution in [2.45, 2.75) is 69.9 Å². The van der Waals surface area contributed by atoms with Gasteiger partial charge in [0.2, 0.25) is 5.91 Å². The summed E-state index contributed by atoms with van der Waals surface area (Å²) >= 11 is 0. The lowest BCUT2D eigenvalue weighted by Gasteiger charge is -2.21. The first-order valence-corrected chi connectivity index (χ1v) is 7.96. The molecule has 2 aliphatic rings. The van der Waals surface area contributed by atoms with Crippen LogP contribution in [-0.2, 0) is 9.53 Å². The Morgan fingerprint density at radius 1 is 1.00 bits per heavy atom. The van der Waals surface area contributed by atoms with Gasteiger partial charge >= 0.3 is 0 Å². The number of ether oxygens (including phenoxy) is 1. The molecule has 2 rings (SSSR count). The Bertz CT molecular complexity index is 263. The first kappa shape index (κ1) is 17.7. The summed E-state index contributed by atoms with van der Waals surface area (Å²) in [7, 11) is 0. The minimum Gasteiger partial charge on any atom is -0.377 e. The second-order valence-corrected chi connectivity index (χ2v) is 5.88. The van der Waals surface area contributed by atoms with Gasteiger partial charge in [-0.15, -0.1) is 12.4 Å². The Kier molecular flexibility index (Phi) is 9.23. The Hall–Kier alpha value is -0.320. The molecular weight excluding hydrogens is 276 g/mol. The average molecular weight is 305 g/mol. The average Bonchev–Trinajstić information content (AvgIpc) is 2.85. The van der Waals surface area contributed by atoms with Crippen molar-refractivity contribution < 1.29 is 9.53 Å². The van der Waals surface area contributed by atoms with Crippen LogP contribution < -0.4 is 10.6 Å². The summed E-state index contributed by atoms with van der Waals surface area (Å²) < 4.78 is 5.52. The molecule has 1 saturated carbocycles. The van der Waals surface area contributed by atoms with E-state index in [1.807, 2.05) is 0 Å². The summed E-state index contributed by atoms with van der Waals surface area (Å²) in [5, 5.41) is 6.38. The van der Waals surface area contributed by atoms with Crippen molar-refractivity contribution in [3.63, 3.8) is 0 Å². The zero-order valence-corrected chi connectivity index (χ0v) is 13.2. The van der Waals surface area contributed by atoms with Gasteiger partial charge in [0.25, 0.3) is 0 Å². The molecular formula is C15H29ClN2O2. The molecule has 1 heterocycles. The number of hydrogen-bond acceptors (Lipinski definition) is 3. The van der Waals surface area contributed by atoms with Crippen molar-refractivity contribution in [1.82, 2.24) is 10.6 Å². The molecule has 0 radical (unpaired) electrons. The second-order valence-electron chi connectivity index (χ2n) is 5.88. The van der Waals surface area contributed by atoms with Crippen molar-refractivity contribution in [2.75, 3.05) is 19.7 Å². The predicted molar refractivity (Wildman–Crippen MR) is 83.3 cm³/mol. The quantitative estimate of drug-likeness (QED) is 0.820. The van der Waals surface area contributed by atoms with Gasteiger partial charge in [0.05, 0.1) is 12.6 Å². The molecule has 2 N–H and O–H groups in total. The second kappa shape index (κ2) is 10.4. The van der Waals surface area contributed by atoms with Crippen molar-refractivity contribution in [3.05, 3.63) is 0 Å². The number of nitrogens with one attached hydrogen (secondary N) is 2. The summed E-state index contributed by atoms with van der Waals surface area (Å²) in [5.41, 5.74) is 0. The fourth-order valence-corrected chi connectivity index (χ4v) is 3.03. The Morgan fingerprint density at radius 2 is 1.70 bits per heavy atom. The molecule has 1 aliphatic heterocycles. The minimum absolute atomic E-state index is 0. The van der Waals surface area contributed by atoms with Crippen LogP contribution in [0.3, 0.4) is 0 Å². The highest BCUT2D eigenvalue weighted by atomic mass is 35.5. The molecule has 1 saturated heterocycles. The minimum atomic E-state index is 0. The molecule has 0 spiro atoms. The molecule has 5 heteroatoms. The van der Waals surface area contributed by atoms with E-state index in [1.54, 1.807) is 0 Å². The zero-order valence-electron chi connectivity index (χ0n) is 12.4. The van der Waals surface area contributed by atoms with Gasteiger partial charge in [-0.25, -0.2) is 0 Å². The summed E-state index contributed by atoms with van der Waals surface area (Å²) in [5.74, 6) is 0.142. The summed E-state index contributed by atoms with van der Waals surface area (Å²) in [4.78, 5) is 11.9. The van der Waals surface area contributed by atoms with E-state index >= 15 is 0 Å². The maximum absolute atomic E-state index is 11.9. The Labute approximate surface area is 128 Å². The van der Waals surface area contributed by atoms with Gasteiger partial charge in [-0.2, -0.15) is 0 Å². The van der Waals surface area contributed by atoms with Gasteiger partial charge in [0.1, 0.15) is 0 Å². The van der Waals surface area contributed by atoms with Crippen LogP contribution in [-0.4, -0.2) is 37.7 Å². The third kappa shape index (κ3) is 6.91. The van der Waals surface area contributed by atoms with E-state index in [0.717, 1.165) is 38.8 Å². The van der Waals surface area contributed by atoms with Gasteiger partial charge in [-0.05, 0) is 25.7 Å². The van der Waals surface area contributed by atoms with E-state index in [0.29, 0.717) is 18.7 Å². The highest BCUT2D eigenvalue weighted by Gasteiger charge is 2.16. The molecule has 1 amide bonds. The summed E-state index contributed by atoms with van der Waals surface area (Å²) in [6, 6.07) is 0.400. The fraction of sp³-hybridized carbons (Fsp3) is 0.933.